The first-order valence-corrected chi connectivity index (χ1v) is 9.29. The molecule has 0 saturated heterocycles. The summed E-state index contributed by atoms with van der Waals surface area (Å²) in [6.45, 7) is 0. The van der Waals surface area contributed by atoms with Gasteiger partial charge >= 0.3 is 0 Å². The van der Waals surface area contributed by atoms with Crippen molar-refractivity contribution < 1.29 is 0 Å². The van der Waals surface area contributed by atoms with Crippen molar-refractivity contribution in [3.8, 4) is 0 Å². The molecule has 0 aliphatic heterocycles. The van der Waals surface area contributed by atoms with E-state index in [-0.39, 0.29) is 0 Å². The lowest BCUT2D eigenvalue weighted by Crippen LogP contribution is -2.12. The number of pyridine rings is 1. The highest BCUT2D eigenvalue weighted by Crippen LogP contribution is 2.29. The predicted molar refractivity (Wildman–Crippen MR) is 98.5 cm³/mol. The lowest BCUT2D eigenvalue weighted by atomic mass is 9.86. The van der Waals surface area contributed by atoms with E-state index in [1.807, 2.05) is 22.8 Å². The van der Waals surface area contributed by atoms with Crippen LogP contribution in [0.2, 0.25) is 0 Å². The molecule has 24 heavy (non-hydrogen) atoms. The molecule has 4 rings (SSSR count). The molecule has 0 atom stereocenters. The van der Waals surface area contributed by atoms with Crippen LogP contribution in [-0.2, 0) is 6.42 Å². The van der Waals surface area contributed by atoms with E-state index in [2.05, 4.69) is 37.4 Å². The molecule has 124 valence electrons. The Kier molecular flexibility index (Phi) is 4.47. The number of nitrogens with zero attached hydrogens (tertiary/aromatic N) is 4. The Morgan fingerprint density at radius 3 is 2.88 bits per heavy atom. The maximum atomic E-state index is 4.83. The highest BCUT2D eigenvalue weighted by atomic mass is 79.9. The number of rotatable bonds is 4. The monoisotopic (exact) mass is 385 g/mol. The summed E-state index contributed by atoms with van der Waals surface area (Å²) in [6.07, 6.45) is 13.1. The molecule has 0 spiro atoms. The minimum atomic E-state index is 0.752. The molecule has 5 nitrogen and oxygen atoms in total. The highest BCUT2D eigenvalue weighted by Gasteiger charge is 2.17. The van der Waals surface area contributed by atoms with E-state index in [9.17, 15) is 0 Å². The van der Waals surface area contributed by atoms with Gasteiger partial charge in [0.05, 0.1) is 22.6 Å². The summed E-state index contributed by atoms with van der Waals surface area (Å²) in [4.78, 5) is 8.99. The molecule has 1 saturated carbocycles. The van der Waals surface area contributed by atoms with Crippen LogP contribution in [0, 0.1) is 5.92 Å². The normalized spacial score (nSPS) is 15.7. The van der Waals surface area contributed by atoms with Gasteiger partial charge in [-0.2, -0.15) is 9.61 Å². The van der Waals surface area contributed by atoms with Gasteiger partial charge in [-0.1, -0.05) is 32.1 Å². The Morgan fingerprint density at radius 2 is 2.08 bits per heavy atom. The molecular formula is C18H20BrN5. The standard InChI is InChI=1S/C18H20BrN5/c19-16-12-21-24-17(22-14-7-4-8-20-11-14)10-15(23-18(16)24)9-13-5-2-1-3-6-13/h4,7-8,10-13,22H,1-3,5-6,9H2. The van der Waals surface area contributed by atoms with E-state index in [4.69, 9.17) is 4.98 Å². The SMILES string of the molecule is Brc1cnn2c(Nc3cccnc3)cc(CC3CCCCC3)nc12. The first kappa shape index (κ1) is 15.6. The third kappa shape index (κ3) is 3.29. The Morgan fingerprint density at radius 1 is 1.21 bits per heavy atom. The van der Waals surface area contributed by atoms with Gasteiger partial charge in [0.1, 0.15) is 5.82 Å². The Balaban J connectivity index is 1.68. The molecule has 3 aromatic rings. The van der Waals surface area contributed by atoms with Crippen molar-refractivity contribution in [2.45, 2.75) is 38.5 Å². The van der Waals surface area contributed by atoms with Crippen LogP contribution in [0.15, 0.2) is 41.3 Å². The van der Waals surface area contributed by atoms with E-state index in [1.54, 1.807) is 12.4 Å². The summed E-state index contributed by atoms with van der Waals surface area (Å²) in [5.41, 5.74) is 2.93. The van der Waals surface area contributed by atoms with Crippen LogP contribution in [-0.4, -0.2) is 19.6 Å². The van der Waals surface area contributed by atoms with E-state index in [0.29, 0.717) is 0 Å². The van der Waals surface area contributed by atoms with Gasteiger partial charge in [-0.25, -0.2) is 4.98 Å². The number of aromatic nitrogens is 4. The van der Waals surface area contributed by atoms with Crippen LogP contribution in [0.25, 0.3) is 5.65 Å². The number of nitrogens with one attached hydrogen (secondary N) is 1. The molecular weight excluding hydrogens is 366 g/mol. The molecule has 0 unspecified atom stereocenters. The van der Waals surface area contributed by atoms with Gasteiger partial charge < -0.3 is 5.32 Å². The lowest BCUT2D eigenvalue weighted by Gasteiger charge is -2.21. The van der Waals surface area contributed by atoms with Gasteiger partial charge in [0.2, 0.25) is 0 Å². The molecule has 1 aliphatic rings. The van der Waals surface area contributed by atoms with Crippen LogP contribution in [0.4, 0.5) is 11.5 Å². The lowest BCUT2D eigenvalue weighted by molar-refractivity contribution is 0.354. The van der Waals surface area contributed by atoms with Gasteiger partial charge in [0.25, 0.3) is 0 Å². The van der Waals surface area contributed by atoms with Crippen LogP contribution in [0.5, 0.6) is 0 Å². The fourth-order valence-electron chi connectivity index (χ4n) is 3.45. The quantitative estimate of drug-likeness (QED) is 0.703. The van der Waals surface area contributed by atoms with Crippen molar-refractivity contribution in [2.24, 2.45) is 5.92 Å². The third-order valence-electron chi connectivity index (χ3n) is 4.64. The van der Waals surface area contributed by atoms with Gasteiger partial charge in [0.15, 0.2) is 5.65 Å². The number of anilines is 2. The van der Waals surface area contributed by atoms with Crippen molar-refractivity contribution in [3.63, 3.8) is 0 Å². The number of hydrogen-bond acceptors (Lipinski definition) is 4. The zero-order valence-electron chi connectivity index (χ0n) is 13.5. The second kappa shape index (κ2) is 6.89. The minimum absolute atomic E-state index is 0.752. The zero-order valence-corrected chi connectivity index (χ0v) is 15.0. The van der Waals surface area contributed by atoms with Crippen LogP contribution in [0.3, 0.4) is 0 Å². The number of hydrogen-bond donors (Lipinski definition) is 1. The number of halogens is 1. The Hall–Kier alpha value is -1.95. The second-order valence-electron chi connectivity index (χ2n) is 6.44. The summed E-state index contributed by atoms with van der Waals surface area (Å²) >= 11 is 3.56. The summed E-state index contributed by atoms with van der Waals surface area (Å²) in [6, 6.07) is 6.04. The van der Waals surface area contributed by atoms with Crippen LogP contribution >= 0.6 is 15.9 Å². The second-order valence-corrected chi connectivity index (χ2v) is 7.29. The van der Waals surface area contributed by atoms with E-state index in [0.717, 1.165) is 39.7 Å². The van der Waals surface area contributed by atoms with E-state index < -0.39 is 0 Å². The first-order valence-electron chi connectivity index (χ1n) is 8.50. The highest BCUT2D eigenvalue weighted by molar-refractivity contribution is 9.10. The summed E-state index contributed by atoms with van der Waals surface area (Å²) in [5.74, 6) is 1.67. The largest absolute Gasteiger partial charge is 0.339 e. The van der Waals surface area contributed by atoms with E-state index >= 15 is 0 Å². The average molecular weight is 386 g/mol. The third-order valence-corrected chi connectivity index (χ3v) is 5.20. The first-order chi connectivity index (χ1) is 11.8. The molecule has 1 aliphatic carbocycles. The fourth-order valence-corrected chi connectivity index (χ4v) is 3.80. The minimum Gasteiger partial charge on any atom is -0.339 e. The summed E-state index contributed by atoms with van der Waals surface area (Å²) < 4.78 is 2.75. The van der Waals surface area contributed by atoms with Crippen molar-refractivity contribution in [2.75, 3.05) is 5.32 Å². The molecule has 3 heterocycles. The van der Waals surface area contributed by atoms with Gasteiger partial charge in [-0.15, -0.1) is 0 Å². The molecule has 0 radical (unpaired) electrons. The Bertz CT molecular complexity index is 824. The molecule has 6 heteroatoms. The summed E-state index contributed by atoms with van der Waals surface area (Å²) in [5, 5.41) is 7.84. The topological polar surface area (TPSA) is 55.1 Å². The van der Waals surface area contributed by atoms with Gasteiger partial charge in [-0.05, 0) is 40.4 Å². The van der Waals surface area contributed by atoms with Crippen LogP contribution < -0.4 is 5.32 Å². The van der Waals surface area contributed by atoms with Crippen molar-refractivity contribution >= 4 is 33.1 Å². The molecule has 0 bridgehead atoms. The van der Waals surface area contributed by atoms with Crippen LogP contribution in [0.1, 0.15) is 37.8 Å². The maximum absolute atomic E-state index is 4.83. The van der Waals surface area contributed by atoms with Crippen molar-refractivity contribution in [1.82, 2.24) is 19.6 Å². The average Bonchev–Trinajstić information content (AvgIpc) is 2.98. The summed E-state index contributed by atoms with van der Waals surface area (Å²) in [7, 11) is 0. The van der Waals surface area contributed by atoms with Gasteiger partial charge in [0, 0.05) is 18.0 Å². The smallest absolute Gasteiger partial charge is 0.171 e. The molecule has 1 N–H and O–H groups in total. The Labute approximate surface area is 149 Å². The van der Waals surface area contributed by atoms with Gasteiger partial charge in [-0.3, -0.25) is 4.98 Å². The molecule has 0 aromatic carbocycles. The molecule has 3 aromatic heterocycles. The number of fused-ring (bicyclic) bond motifs is 1. The zero-order chi connectivity index (χ0) is 16.4. The van der Waals surface area contributed by atoms with E-state index in [1.165, 1.54) is 32.1 Å². The fraction of sp³-hybridized carbons (Fsp3) is 0.389. The predicted octanol–water partition coefficient (Wildman–Crippen LogP) is 4.75. The van der Waals surface area contributed by atoms with Crippen molar-refractivity contribution in [3.05, 3.63) is 47.0 Å². The maximum Gasteiger partial charge on any atom is 0.171 e. The molecule has 1 fully saturated rings. The van der Waals surface area contributed by atoms with Crippen molar-refractivity contribution in [1.29, 1.82) is 0 Å². The molecule has 0 amide bonds.